The monoisotopic (exact) mass is 248 g/mol. The molecule has 2 heterocycles. The fourth-order valence-corrected chi connectivity index (χ4v) is 2.28. The van der Waals surface area contributed by atoms with Crippen molar-refractivity contribution in [2.45, 2.75) is 28.9 Å². The topological polar surface area (TPSA) is 82.5 Å². The van der Waals surface area contributed by atoms with E-state index in [4.69, 9.17) is 5.73 Å². The molecule has 0 bridgehead atoms. The van der Waals surface area contributed by atoms with Crippen LogP contribution in [0, 0.1) is 0 Å². The van der Waals surface area contributed by atoms with Crippen LogP contribution in [0.4, 0.5) is 5.82 Å². The molecule has 1 saturated carbocycles. The molecule has 2 N–H and O–H groups in total. The Labute approximate surface area is 103 Å². The first-order chi connectivity index (χ1) is 8.22. The van der Waals surface area contributed by atoms with Crippen molar-refractivity contribution in [3.8, 4) is 0 Å². The maximum atomic E-state index is 5.78. The summed E-state index contributed by atoms with van der Waals surface area (Å²) in [6.45, 7) is 0. The quantitative estimate of drug-likeness (QED) is 0.822. The molecule has 0 aliphatic heterocycles. The Bertz CT molecular complexity index is 547. The van der Waals surface area contributed by atoms with Gasteiger partial charge in [-0.2, -0.15) is 0 Å². The number of nitrogen functional groups attached to an aromatic ring is 1. The summed E-state index contributed by atoms with van der Waals surface area (Å²) in [5.74, 6) is 1.87. The SMILES string of the molecule is Cn1cnnc1Sc1cc(N)nc(C2CC2)n1. The molecule has 0 atom stereocenters. The lowest BCUT2D eigenvalue weighted by atomic mass is 10.4. The maximum Gasteiger partial charge on any atom is 0.197 e. The minimum absolute atomic E-state index is 0.498. The Hall–Kier alpha value is -1.63. The molecule has 3 rings (SSSR count). The molecule has 2 aromatic heterocycles. The van der Waals surface area contributed by atoms with Gasteiger partial charge in [-0.3, -0.25) is 0 Å². The van der Waals surface area contributed by atoms with Crippen molar-refractivity contribution in [3.63, 3.8) is 0 Å². The third-order valence-corrected chi connectivity index (χ3v) is 3.52. The van der Waals surface area contributed by atoms with Gasteiger partial charge in [0.1, 0.15) is 23.0 Å². The van der Waals surface area contributed by atoms with Crippen molar-refractivity contribution < 1.29 is 0 Å². The van der Waals surface area contributed by atoms with Crippen molar-refractivity contribution in [2.75, 3.05) is 5.73 Å². The molecule has 0 radical (unpaired) electrons. The molecular formula is C10H12N6S. The first-order valence-electron chi connectivity index (χ1n) is 5.38. The van der Waals surface area contributed by atoms with Gasteiger partial charge in [0.05, 0.1) is 0 Å². The second kappa shape index (κ2) is 3.99. The molecule has 1 fully saturated rings. The number of nitrogens with zero attached hydrogens (tertiary/aromatic N) is 5. The third-order valence-electron chi connectivity index (χ3n) is 2.55. The van der Waals surface area contributed by atoms with Gasteiger partial charge in [0.2, 0.25) is 0 Å². The average Bonchev–Trinajstić information content (AvgIpc) is 3.05. The normalized spacial score (nSPS) is 15.1. The van der Waals surface area contributed by atoms with Crippen molar-refractivity contribution in [1.29, 1.82) is 0 Å². The summed E-state index contributed by atoms with van der Waals surface area (Å²) in [5.41, 5.74) is 5.78. The van der Waals surface area contributed by atoms with E-state index in [0.29, 0.717) is 11.7 Å². The van der Waals surface area contributed by atoms with Gasteiger partial charge < -0.3 is 10.3 Å². The molecule has 88 valence electrons. The highest BCUT2D eigenvalue weighted by Gasteiger charge is 2.27. The minimum Gasteiger partial charge on any atom is -0.384 e. The van der Waals surface area contributed by atoms with E-state index in [1.165, 1.54) is 11.8 Å². The molecule has 0 amide bonds. The maximum absolute atomic E-state index is 5.78. The lowest BCUT2D eigenvalue weighted by Crippen LogP contribution is -2.00. The van der Waals surface area contributed by atoms with E-state index in [1.54, 1.807) is 12.4 Å². The molecule has 6 nitrogen and oxygen atoms in total. The third kappa shape index (κ3) is 2.23. The number of aromatic nitrogens is 5. The second-order valence-corrected chi connectivity index (χ2v) is 5.08. The van der Waals surface area contributed by atoms with E-state index in [-0.39, 0.29) is 0 Å². The van der Waals surface area contributed by atoms with E-state index in [2.05, 4.69) is 20.2 Å². The Morgan fingerprint density at radius 3 is 2.88 bits per heavy atom. The molecule has 1 aliphatic carbocycles. The zero-order valence-electron chi connectivity index (χ0n) is 9.37. The summed E-state index contributed by atoms with van der Waals surface area (Å²) < 4.78 is 1.85. The second-order valence-electron chi connectivity index (χ2n) is 4.09. The predicted molar refractivity (Wildman–Crippen MR) is 63.5 cm³/mol. The first-order valence-corrected chi connectivity index (χ1v) is 6.20. The lowest BCUT2D eigenvalue weighted by Gasteiger charge is -2.03. The summed E-state index contributed by atoms with van der Waals surface area (Å²) in [4.78, 5) is 8.76. The summed E-state index contributed by atoms with van der Waals surface area (Å²) in [7, 11) is 1.90. The largest absolute Gasteiger partial charge is 0.384 e. The standard InChI is InChI=1S/C10H12N6S/c1-16-5-12-15-10(16)17-8-4-7(11)13-9(14-8)6-2-3-6/h4-6H,2-3H2,1H3,(H2,11,13,14). The van der Waals surface area contributed by atoms with Crippen molar-refractivity contribution in [1.82, 2.24) is 24.7 Å². The van der Waals surface area contributed by atoms with E-state index in [0.717, 1.165) is 28.8 Å². The molecular weight excluding hydrogens is 236 g/mol. The predicted octanol–water partition coefficient (Wildman–Crippen LogP) is 1.22. The molecule has 0 spiro atoms. The van der Waals surface area contributed by atoms with Crippen LogP contribution in [0.1, 0.15) is 24.6 Å². The lowest BCUT2D eigenvalue weighted by molar-refractivity contribution is 0.785. The molecule has 0 saturated heterocycles. The first kappa shape index (κ1) is 10.5. The van der Waals surface area contributed by atoms with Crippen molar-refractivity contribution in [3.05, 3.63) is 18.2 Å². The van der Waals surface area contributed by atoms with Crippen molar-refractivity contribution >= 4 is 17.6 Å². The minimum atomic E-state index is 0.498. The van der Waals surface area contributed by atoms with E-state index >= 15 is 0 Å². The highest BCUT2D eigenvalue weighted by Crippen LogP contribution is 2.39. The fraction of sp³-hybridized carbons (Fsp3) is 0.400. The van der Waals surface area contributed by atoms with Crippen LogP contribution in [0.15, 0.2) is 22.6 Å². The zero-order valence-corrected chi connectivity index (χ0v) is 10.2. The van der Waals surface area contributed by atoms with Gasteiger partial charge in [-0.15, -0.1) is 10.2 Å². The Morgan fingerprint density at radius 2 is 2.24 bits per heavy atom. The van der Waals surface area contributed by atoms with Crippen LogP contribution in [-0.2, 0) is 7.05 Å². The van der Waals surface area contributed by atoms with E-state index < -0.39 is 0 Å². The highest BCUT2D eigenvalue weighted by atomic mass is 32.2. The van der Waals surface area contributed by atoms with Crippen LogP contribution < -0.4 is 5.73 Å². The smallest absolute Gasteiger partial charge is 0.197 e. The average molecular weight is 248 g/mol. The van der Waals surface area contributed by atoms with Crippen LogP contribution in [0.25, 0.3) is 0 Å². The van der Waals surface area contributed by atoms with Gasteiger partial charge in [-0.1, -0.05) is 0 Å². The number of rotatable bonds is 3. The molecule has 0 unspecified atom stereocenters. The van der Waals surface area contributed by atoms with E-state index in [9.17, 15) is 0 Å². The molecule has 17 heavy (non-hydrogen) atoms. The van der Waals surface area contributed by atoms with Crippen LogP contribution in [0.5, 0.6) is 0 Å². The summed E-state index contributed by atoms with van der Waals surface area (Å²) in [5, 5.41) is 9.46. The van der Waals surface area contributed by atoms with Gasteiger partial charge in [0.25, 0.3) is 0 Å². The van der Waals surface area contributed by atoms with Gasteiger partial charge in [-0.05, 0) is 24.6 Å². The summed E-state index contributed by atoms with van der Waals surface area (Å²) >= 11 is 1.45. The Morgan fingerprint density at radius 1 is 1.41 bits per heavy atom. The number of aryl methyl sites for hydroxylation is 1. The Kier molecular flexibility index (Phi) is 2.47. The molecule has 7 heteroatoms. The van der Waals surface area contributed by atoms with Crippen molar-refractivity contribution in [2.24, 2.45) is 7.05 Å². The van der Waals surface area contributed by atoms with Gasteiger partial charge in [-0.25, -0.2) is 9.97 Å². The molecule has 2 aromatic rings. The summed E-state index contributed by atoms with van der Waals surface area (Å²) in [6, 6.07) is 1.77. The van der Waals surface area contributed by atoms with Gasteiger partial charge in [0, 0.05) is 19.0 Å². The Balaban J connectivity index is 1.89. The van der Waals surface area contributed by atoms with Crippen LogP contribution in [0.2, 0.25) is 0 Å². The van der Waals surface area contributed by atoms with E-state index in [1.807, 2.05) is 11.6 Å². The van der Waals surface area contributed by atoms with Crippen LogP contribution in [-0.4, -0.2) is 24.7 Å². The summed E-state index contributed by atoms with van der Waals surface area (Å²) in [6.07, 6.45) is 3.99. The van der Waals surface area contributed by atoms with Crippen LogP contribution in [0.3, 0.4) is 0 Å². The number of anilines is 1. The zero-order chi connectivity index (χ0) is 11.8. The van der Waals surface area contributed by atoms with Gasteiger partial charge >= 0.3 is 0 Å². The number of hydrogen-bond donors (Lipinski definition) is 1. The number of hydrogen-bond acceptors (Lipinski definition) is 6. The number of nitrogens with two attached hydrogens (primary N) is 1. The highest BCUT2D eigenvalue weighted by molar-refractivity contribution is 7.99. The fourth-order valence-electron chi connectivity index (χ4n) is 1.50. The molecule has 0 aromatic carbocycles. The van der Waals surface area contributed by atoms with Gasteiger partial charge in [0.15, 0.2) is 5.16 Å². The van der Waals surface area contributed by atoms with Crippen LogP contribution >= 0.6 is 11.8 Å². The molecule has 1 aliphatic rings.